The van der Waals surface area contributed by atoms with E-state index in [0.717, 1.165) is 0 Å². The van der Waals surface area contributed by atoms with Crippen molar-refractivity contribution in [3.05, 3.63) is 23.8 Å². The summed E-state index contributed by atoms with van der Waals surface area (Å²) >= 11 is 0. The van der Waals surface area contributed by atoms with Crippen LogP contribution in [-0.2, 0) is 0 Å². The third kappa shape index (κ3) is 2.01. The molecule has 14 heavy (non-hydrogen) atoms. The lowest BCUT2D eigenvalue weighted by molar-refractivity contribution is 0.112. The van der Waals surface area contributed by atoms with Gasteiger partial charge in [0.25, 0.3) is 0 Å². The minimum Gasteiger partial charge on any atom is -0.496 e. The van der Waals surface area contributed by atoms with Crippen LogP contribution in [0.25, 0.3) is 0 Å². The van der Waals surface area contributed by atoms with Crippen molar-refractivity contribution < 1.29 is 19.4 Å². The lowest BCUT2D eigenvalue weighted by Crippen LogP contribution is -2.09. The number of carbonyl (C=O) groups is 2. The topological polar surface area (TPSA) is 75.6 Å². The molecule has 1 rings (SSSR count). The summed E-state index contributed by atoms with van der Waals surface area (Å²) in [7, 11) is 1.41. The number of nitrogens with one attached hydrogen (secondary N) is 1. The molecule has 0 fully saturated rings. The molecule has 0 heterocycles. The summed E-state index contributed by atoms with van der Waals surface area (Å²) in [5.41, 5.74) is 0.407. The molecule has 0 spiro atoms. The van der Waals surface area contributed by atoms with Crippen molar-refractivity contribution in [3.8, 4) is 5.75 Å². The van der Waals surface area contributed by atoms with Gasteiger partial charge in [-0.05, 0) is 12.1 Å². The van der Waals surface area contributed by atoms with E-state index in [0.29, 0.717) is 12.0 Å². The van der Waals surface area contributed by atoms with Gasteiger partial charge in [-0.3, -0.25) is 10.1 Å². The summed E-state index contributed by atoms with van der Waals surface area (Å²) in [6.45, 7) is 0. The molecule has 0 radical (unpaired) electrons. The molecule has 0 aliphatic rings. The van der Waals surface area contributed by atoms with E-state index >= 15 is 0 Å². The summed E-state index contributed by atoms with van der Waals surface area (Å²) < 4.78 is 4.89. The molecule has 1 amide bonds. The summed E-state index contributed by atoms with van der Waals surface area (Å²) in [6.07, 6.45) is -0.675. The highest BCUT2D eigenvalue weighted by molar-refractivity contribution is 5.94. The molecule has 0 bridgehead atoms. The van der Waals surface area contributed by atoms with Gasteiger partial charge in [-0.2, -0.15) is 0 Å². The van der Waals surface area contributed by atoms with Crippen LogP contribution in [0.3, 0.4) is 0 Å². The molecule has 0 saturated heterocycles. The Balaban J connectivity index is 3.14. The molecule has 0 aromatic heterocycles. The van der Waals surface area contributed by atoms with E-state index in [2.05, 4.69) is 5.32 Å². The average molecular weight is 195 g/mol. The van der Waals surface area contributed by atoms with Crippen LogP contribution in [0, 0.1) is 0 Å². The van der Waals surface area contributed by atoms with Gasteiger partial charge in [0.15, 0.2) is 6.29 Å². The fraction of sp³-hybridized carbons (Fsp3) is 0.111. The zero-order chi connectivity index (χ0) is 10.6. The smallest absolute Gasteiger partial charge is 0.409 e. The number of amides is 1. The van der Waals surface area contributed by atoms with E-state index in [4.69, 9.17) is 9.84 Å². The quantitative estimate of drug-likeness (QED) is 0.718. The Kier molecular flexibility index (Phi) is 3.06. The van der Waals surface area contributed by atoms with Crippen LogP contribution in [0.5, 0.6) is 5.75 Å². The van der Waals surface area contributed by atoms with Gasteiger partial charge in [0.1, 0.15) is 5.75 Å². The fourth-order valence-electron chi connectivity index (χ4n) is 1.07. The Labute approximate surface area is 80.3 Å². The van der Waals surface area contributed by atoms with Gasteiger partial charge in [-0.25, -0.2) is 4.79 Å². The van der Waals surface area contributed by atoms with Crippen LogP contribution < -0.4 is 10.1 Å². The summed E-state index contributed by atoms with van der Waals surface area (Å²) in [5.74, 6) is 0.339. The van der Waals surface area contributed by atoms with E-state index in [1.54, 1.807) is 12.1 Å². The van der Waals surface area contributed by atoms with Crippen LogP contribution in [-0.4, -0.2) is 24.6 Å². The Morgan fingerprint density at radius 2 is 2.29 bits per heavy atom. The molecular weight excluding hydrogens is 186 g/mol. The van der Waals surface area contributed by atoms with Crippen molar-refractivity contribution in [2.24, 2.45) is 0 Å². The molecule has 0 aliphatic heterocycles. The maximum Gasteiger partial charge on any atom is 0.409 e. The van der Waals surface area contributed by atoms with Gasteiger partial charge in [0.2, 0.25) is 0 Å². The standard InChI is InChI=1S/C9H9NO4/c1-14-8-4-2-3-7(6(8)5-11)10-9(12)13/h2-5,10H,1H3,(H,12,13). The molecule has 2 N–H and O–H groups in total. The highest BCUT2D eigenvalue weighted by Crippen LogP contribution is 2.24. The minimum absolute atomic E-state index is 0.192. The number of ether oxygens (including phenoxy) is 1. The van der Waals surface area contributed by atoms with Crippen LogP contribution in [0.15, 0.2) is 18.2 Å². The number of aldehydes is 1. The molecule has 74 valence electrons. The van der Waals surface area contributed by atoms with Gasteiger partial charge in [0, 0.05) is 0 Å². The monoisotopic (exact) mass is 195 g/mol. The fourth-order valence-corrected chi connectivity index (χ4v) is 1.07. The van der Waals surface area contributed by atoms with Crippen LogP contribution in [0.4, 0.5) is 10.5 Å². The van der Waals surface area contributed by atoms with E-state index in [1.807, 2.05) is 0 Å². The predicted molar refractivity (Wildman–Crippen MR) is 50.0 cm³/mol. The SMILES string of the molecule is COc1cccc(NC(=O)O)c1C=O. The third-order valence-electron chi connectivity index (χ3n) is 1.65. The van der Waals surface area contributed by atoms with Crippen molar-refractivity contribution in [2.45, 2.75) is 0 Å². The molecule has 5 nitrogen and oxygen atoms in total. The number of anilines is 1. The van der Waals surface area contributed by atoms with Crippen molar-refractivity contribution in [1.29, 1.82) is 0 Å². The van der Waals surface area contributed by atoms with Gasteiger partial charge in [0.05, 0.1) is 18.4 Å². The summed E-state index contributed by atoms with van der Waals surface area (Å²) in [4.78, 5) is 21.0. The maximum atomic E-state index is 10.7. The number of benzene rings is 1. The predicted octanol–water partition coefficient (Wildman–Crippen LogP) is 1.60. The van der Waals surface area contributed by atoms with Crippen LogP contribution >= 0.6 is 0 Å². The van der Waals surface area contributed by atoms with E-state index in [-0.39, 0.29) is 11.3 Å². The Hall–Kier alpha value is -2.04. The van der Waals surface area contributed by atoms with Crippen molar-refractivity contribution in [2.75, 3.05) is 12.4 Å². The van der Waals surface area contributed by atoms with Crippen molar-refractivity contribution >= 4 is 18.1 Å². The van der Waals surface area contributed by atoms with Gasteiger partial charge in [-0.1, -0.05) is 6.07 Å². The number of carbonyl (C=O) groups excluding carboxylic acids is 1. The zero-order valence-corrected chi connectivity index (χ0v) is 7.48. The Morgan fingerprint density at radius 3 is 2.79 bits per heavy atom. The number of methoxy groups -OCH3 is 1. The number of rotatable bonds is 3. The lowest BCUT2D eigenvalue weighted by Gasteiger charge is -2.08. The minimum atomic E-state index is -1.22. The first kappa shape index (κ1) is 10.0. The van der Waals surface area contributed by atoms with Crippen LogP contribution in [0.1, 0.15) is 10.4 Å². The largest absolute Gasteiger partial charge is 0.496 e. The number of carboxylic acid groups (broad SMARTS) is 1. The first-order valence-corrected chi connectivity index (χ1v) is 3.81. The molecule has 0 unspecified atom stereocenters. The summed E-state index contributed by atoms with van der Waals surface area (Å²) in [5, 5.41) is 10.6. The number of hydrogen-bond donors (Lipinski definition) is 2. The highest BCUT2D eigenvalue weighted by Gasteiger charge is 2.09. The molecule has 0 atom stereocenters. The molecule has 0 saturated carbocycles. The molecule has 1 aromatic rings. The maximum absolute atomic E-state index is 10.7. The second kappa shape index (κ2) is 4.27. The van der Waals surface area contributed by atoms with E-state index < -0.39 is 6.09 Å². The highest BCUT2D eigenvalue weighted by atomic mass is 16.5. The Morgan fingerprint density at radius 1 is 1.57 bits per heavy atom. The molecule has 5 heteroatoms. The van der Waals surface area contributed by atoms with E-state index in [1.165, 1.54) is 13.2 Å². The molecular formula is C9H9NO4. The van der Waals surface area contributed by atoms with Crippen LogP contribution in [0.2, 0.25) is 0 Å². The van der Waals surface area contributed by atoms with Gasteiger partial charge in [-0.15, -0.1) is 0 Å². The molecule has 0 aliphatic carbocycles. The lowest BCUT2D eigenvalue weighted by atomic mass is 10.2. The second-order valence-electron chi connectivity index (χ2n) is 2.47. The second-order valence-corrected chi connectivity index (χ2v) is 2.47. The van der Waals surface area contributed by atoms with Gasteiger partial charge >= 0.3 is 6.09 Å². The zero-order valence-electron chi connectivity index (χ0n) is 7.48. The molecule has 1 aromatic carbocycles. The van der Waals surface area contributed by atoms with Crippen molar-refractivity contribution in [1.82, 2.24) is 0 Å². The van der Waals surface area contributed by atoms with E-state index in [9.17, 15) is 9.59 Å². The first-order valence-electron chi connectivity index (χ1n) is 3.81. The Bertz CT molecular complexity index is 362. The summed E-state index contributed by atoms with van der Waals surface area (Å²) in [6, 6.07) is 4.66. The third-order valence-corrected chi connectivity index (χ3v) is 1.65. The number of hydrogen-bond acceptors (Lipinski definition) is 3. The van der Waals surface area contributed by atoms with Crippen molar-refractivity contribution in [3.63, 3.8) is 0 Å². The normalized spacial score (nSPS) is 9.21. The van der Waals surface area contributed by atoms with Gasteiger partial charge < -0.3 is 9.84 Å². The first-order chi connectivity index (χ1) is 6.69. The average Bonchev–Trinajstić information content (AvgIpc) is 2.16.